The molecule has 3 nitrogen and oxygen atoms in total. The standard InChI is InChI=1S/C15H15BrN2O/c1-11-13(3-2-4-14(11)16)15(19)18-10-7-12-5-8-17-9-6-12/h2-6,8-9H,7,10H2,1H3,(H,18,19). The van der Waals surface area contributed by atoms with Crippen molar-refractivity contribution in [2.45, 2.75) is 13.3 Å². The van der Waals surface area contributed by atoms with Gasteiger partial charge in [-0.05, 0) is 48.7 Å². The molecule has 0 saturated carbocycles. The van der Waals surface area contributed by atoms with Crippen LogP contribution in [0.3, 0.4) is 0 Å². The molecule has 4 heteroatoms. The number of carbonyl (C=O) groups excluding carboxylic acids is 1. The van der Waals surface area contributed by atoms with Crippen LogP contribution in [-0.2, 0) is 6.42 Å². The Labute approximate surface area is 121 Å². The number of rotatable bonds is 4. The highest BCUT2D eigenvalue weighted by Gasteiger charge is 2.09. The van der Waals surface area contributed by atoms with Gasteiger partial charge >= 0.3 is 0 Å². The maximum atomic E-state index is 12.1. The molecule has 0 aliphatic heterocycles. The normalized spacial score (nSPS) is 10.2. The number of hydrogen-bond donors (Lipinski definition) is 1. The molecule has 19 heavy (non-hydrogen) atoms. The van der Waals surface area contributed by atoms with E-state index in [1.54, 1.807) is 12.4 Å². The van der Waals surface area contributed by atoms with E-state index in [1.165, 1.54) is 5.56 Å². The molecule has 0 fully saturated rings. The van der Waals surface area contributed by atoms with Crippen molar-refractivity contribution in [3.05, 3.63) is 63.9 Å². The molecule has 1 N–H and O–H groups in total. The molecule has 1 amide bonds. The van der Waals surface area contributed by atoms with Crippen molar-refractivity contribution in [1.82, 2.24) is 10.3 Å². The average molecular weight is 319 g/mol. The van der Waals surface area contributed by atoms with Crippen LogP contribution in [0, 0.1) is 6.92 Å². The fourth-order valence-electron chi connectivity index (χ4n) is 1.82. The Balaban J connectivity index is 1.93. The van der Waals surface area contributed by atoms with Gasteiger partial charge in [0, 0.05) is 29.0 Å². The van der Waals surface area contributed by atoms with Crippen LogP contribution >= 0.6 is 15.9 Å². The Morgan fingerprint density at radius 3 is 2.74 bits per heavy atom. The highest BCUT2D eigenvalue weighted by Crippen LogP contribution is 2.19. The fraction of sp³-hybridized carbons (Fsp3) is 0.200. The van der Waals surface area contributed by atoms with Crippen molar-refractivity contribution < 1.29 is 4.79 Å². The van der Waals surface area contributed by atoms with Crippen LogP contribution < -0.4 is 5.32 Å². The second kappa shape index (κ2) is 6.48. The summed E-state index contributed by atoms with van der Waals surface area (Å²) in [7, 11) is 0. The molecule has 0 saturated heterocycles. The first-order valence-electron chi connectivity index (χ1n) is 6.10. The summed E-state index contributed by atoms with van der Waals surface area (Å²) in [6, 6.07) is 9.55. The smallest absolute Gasteiger partial charge is 0.251 e. The number of benzene rings is 1. The number of pyridine rings is 1. The summed E-state index contributed by atoms with van der Waals surface area (Å²) >= 11 is 3.43. The van der Waals surface area contributed by atoms with Gasteiger partial charge in [0.2, 0.25) is 0 Å². The van der Waals surface area contributed by atoms with Crippen molar-refractivity contribution in [2.24, 2.45) is 0 Å². The minimum absolute atomic E-state index is 0.0344. The number of halogens is 1. The van der Waals surface area contributed by atoms with Crippen LogP contribution in [0.1, 0.15) is 21.5 Å². The molecule has 1 aromatic heterocycles. The number of amides is 1. The predicted molar refractivity (Wildman–Crippen MR) is 79.2 cm³/mol. The molecule has 1 heterocycles. The zero-order chi connectivity index (χ0) is 13.7. The summed E-state index contributed by atoms with van der Waals surface area (Å²) in [5.41, 5.74) is 2.84. The maximum absolute atomic E-state index is 12.1. The zero-order valence-corrected chi connectivity index (χ0v) is 12.3. The Bertz CT molecular complexity index is 570. The predicted octanol–water partition coefficient (Wildman–Crippen LogP) is 3.13. The third kappa shape index (κ3) is 3.64. The van der Waals surface area contributed by atoms with Crippen LogP contribution in [-0.4, -0.2) is 17.4 Å². The number of carbonyl (C=O) groups is 1. The lowest BCUT2D eigenvalue weighted by Gasteiger charge is -2.08. The van der Waals surface area contributed by atoms with Crippen LogP contribution in [0.25, 0.3) is 0 Å². The van der Waals surface area contributed by atoms with E-state index in [2.05, 4.69) is 26.2 Å². The van der Waals surface area contributed by atoms with Crippen molar-refractivity contribution in [3.8, 4) is 0 Å². The van der Waals surface area contributed by atoms with E-state index in [0.29, 0.717) is 12.1 Å². The van der Waals surface area contributed by atoms with Crippen LogP contribution in [0.15, 0.2) is 47.2 Å². The lowest BCUT2D eigenvalue weighted by atomic mass is 10.1. The molecule has 0 atom stereocenters. The second-order valence-electron chi connectivity index (χ2n) is 4.27. The monoisotopic (exact) mass is 318 g/mol. The highest BCUT2D eigenvalue weighted by atomic mass is 79.9. The summed E-state index contributed by atoms with van der Waals surface area (Å²) in [6.07, 6.45) is 4.33. The van der Waals surface area contributed by atoms with Gasteiger partial charge in [-0.25, -0.2) is 0 Å². The third-order valence-corrected chi connectivity index (χ3v) is 3.82. The van der Waals surface area contributed by atoms with E-state index in [-0.39, 0.29) is 5.91 Å². The topological polar surface area (TPSA) is 42.0 Å². The average Bonchev–Trinajstić information content (AvgIpc) is 2.43. The molecule has 1 aromatic carbocycles. The fourth-order valence-corrected chi connectivity index (χ4v) is 2.18. The molecule has 0 unspecified atom stereocenters. The quantitative estimate of drug-likeness (QED) is 0.941. The van der Waals surface area contributed by atoms with E-state index in [4.69, 9.17) is 0 Å². The molecule has 2 aromatic rings. The Kier molecular flexibility index (Phi) is 4.68. The van der Waals surface area contributed by atoms with E-state index >= 15 is 0 Å². The molecule has 0 aliphatic rings. The Morgan fingerprint density at radius 1 is 1.26 bits per heavy atom. The number of nitrogens with one attached hydrogen (secondary N) is 1. The first kappa shape index (κ1) is 13.7. The molecule has 0 radical (unpaired) electrons. The lowest BCUT2D eigenvalue weighted by molar-refractivity contribution is 0.0953. The van der Waals surface area contributed by atoms with Gasteiger partial charge in [-0.2, -0.15) is 0 Å². The van der Waals surface area contributed by atoms with Crippen LogP contribution in [0.5, 0.6) is 0 Å². The van der Waals surface area contributed by atoms with Gasteiger partial charge in [0.25, 0.3) is 5.91 Å². The minimum Gasteiger partial charge on any atom is -0.352 e. The number of aromatic nitrogens is 1. The summed E-state index contributed by atoms with van der Waals surface area (Å²) in [5, 5.41) is 2.94. The SMILES string of the molecule is Cc1c(Br)cccc1C(=O)NCCc1ccncc1. The minimum atomic E-state index is -0.0344. The van der Waals surface area contributed by atoms with E-state index < -0.39 is 0 Å². The van der Waals surface area contributed by atoms with Gasteiger partial charge in [-0.3, -0.25) is 9.78 Å². The second-order valence-corrected chi connectivity index (χ2v) is 5.13. The maximum Gasteiger partial charge on any atom is 0.251 e. The Morgan fingerprint density at radius 2 is 2.00 bits per heavy atom. The van der Waals surface area contributed by atoms with Crippen molar-refractivity contribution in [3.63, 3.8) is 0 Å². The molecule has 0 bridgehead atoms. The molecule has 0 aliphatic carbocycles. The van der Waals surface area contributed by atoms with Crippen LogP contribution in [0.2, 0.25) is 0 Å². The largest absolute Gasteiger partial charge is 0.352 e. The molecular formula is C15H15BrN2O. The molecule has 98 valence electrons. The lowest BCUT2D eigenvalue weighted by Crippen LogP contribution is -2.26. The van der Waals surface area contributed by atoms with Gasteiger partial charge in [0.15, 0.2) is 0 Å². The van der Waals surface area contributed by atoms with Gasteiger partial charge in [-0.15, -0.1) is 0 Å². The van der Waals surface area contributed by atoms with E-state index in [0.717, 1.165) is 16.5 Å². The number of nitrogens with zero attached hydrogens (tertiary/aromatic N) is 1. The third-order valence-electron chi connectivity index (χ3n) is 2.96. The van der Waals surface area contributed by atoms with Crippen molar-refractivity contribution in [1.29, 1.82) is 0 Å². The van der Waals surface area contributed by atoms with Crippen LogP contribution in [0.4, 0.5) is 0 Å². The Hall–Kier alpha value is -1.68. The first-order chi connectivity index (χ1) is 9.18. The summed E-state index contributed by atoms with van der Waals surface area (Å²) < 4.78 is 0.953. The molecular weight excluding hydrogens is 304 g/mol. The van der Waals surface area contributed by atoms with Crippen molar-refractivity contribution >= 4 is 21.8 Å². The molecule has 0 spiro atoms. The van der Waals surface area contributed by atoms with Crippen molar-refractivity contribution in [2.75, 3.05) is 6.54 Å². The van der Waals surface area contributed by atoms with Gasteiger partial charge in [0.1, 0.15) is 0 Å². The van der Waals surface area contributed by atoms with Gasteiger partial charge < -0.3 is 5.32 Å². The highest BCUT2D eigenvalue weighted by molar-refractivity contribution is 9.10. The number of hydrogen-bond acceptors (Lipinski definition) is 2. The first-order valence-corrected chi connectivity index (χ1v) is 6.90. The summed E-state index contributed by atoms with van der Waals surface area (Å²) in [5.74, 6) is -0.0344. The molecule has 2 rings (SSSR count). The van der Waals surface area contributed by atoms with Gasteiger partial charge in [0.05, 0.1) is 0 Å². The van der Waals surface area contributed by atoms with Gasteiger partial charge in [-0.1, -0.05) is 22.0 Å². The summed E-state index contributed by atoms with van der Waals surface area (Å²) in [4.78, 5) is 16.0. The van der Waals surface area contributed by atoms with E-state index in [1.807, 2.05) is 37.3 Å². The summed E-state index contributed by atoms with van der Waals surface area (Å²) in [6.45, 7) is 2.55. The zero-order valence-electron chi connectivity index (χ0n) is 10.7. The van der Waals surface area contributed by atoms with E-state index in [9.17, 15) is 4.79 Å².